The fourth-order valence-corrected chi connectivity index (χ4v) is 10.5. The Morgan fingerprint density at radius 3 is 1.83 bits per heavy atom. The number of fused-ring (bicyclic) bond motifs is 15. The van der Waals surface area contributed by atoms with Gasteiger partial charge >= 0.3 is 0 Å². The molecule has 2 aliphatic carbocycles. The molecule has 2 heterocycles. The van der Waals surface area contributed by atoms with E-state index in [2.05, 4.69) is 194 Å². The molecular weight excluding hydrogens is 655 g/mol. The minimum absolute atomic E-state index is 0.256. The third kappa shape index (κ3) is 3.56. The maximum Gasteiger partial charge on any atom is 0.146 e. The molecule has 2 nitrogen and oxygen atoms in total. The molecule has 54 heavy (non-hydrogen) atoms. The molecule has 0 fully saturated rings. The van der Waals surface area contributed by atoms with Gasteiger partial charge in [0.2, 0.25) is 0 Å². The Labute approximate surface area is 313 Å². The van der Waals surface area contributed by atoms with E-state index in [1.54, 1.807) is 0 Å². The van der Waals surface area contributed by atoms with Crippen molar-refractivity contribution >= 4 is 43.7 Å². The predicted octanol–water partition coefficient (Wildman–Crippen LogP) is 13.4. The van der Waals surface area contributed by atoms with Crippen molar-refractivity contribution in [3.63, 3.8) is 0 Å². The Balaban J connectivity index is 1.27. The summed E-state index contributed by atoms with van der Waals surface area (Å²) in [7, 11) is 0. The van der Waals surface area contributed by atoms with E-state index in [1.807, 2.05) is 0 Å². The smallest absolute Gasteiger partial charge is 0.146 e. The van der Waals surface area contributed by atoms with Gasteiger partial charge in [0, 0.05) is 27.3 Å². The van der Waals surface area contributed by atoms with E-state index < -0.39 is 5.41 Å². The van der Waals surface area contributed by atoms with Gasteiger partial charge in [-0.2, -0.15) is 0 Å². The number of rotatable bonds is 3. The van der Waals surface area contributed by atoms with Crippen LogP contribution in [0.5, 0.6) is 0 Å². The van der Waals surface area contributed by atoms with Crippen LogP contribution in [0, 0.1) is 0 Å². The minimum Gasteiger partial charge on any atom is -0.455 e. The van der Waals surface area contributed by atoms with Crippen LogP contribution in [-0.2, 0) is 10.8 Å². The lowest BCUT2D eigenvalue weighted by atomic mass is 9.67. The zero-order valence-electron chi connectivity index (χ0n) is 30.1. The highest BCUT2D eigenvalue weighted by molar-refractivity contribution is 6.30. The van der Waals surface area contributed by atoms with Crippen molar-refractivity contribution < 1.29 is 4.42 Å². The summed E-state index contributed by atoms with van der Waals surface area (Å²) in [5, 5.41) is 4.76. The molecule has 10 aromatic rings. The molecule has 0 amide bonds. The Morgan fingerprint density at radius 1 is 0.481 bits per heavy atom. The fourth-order valence-electron chi connectivity index (χ4n) is 10.5. The van der Waals surface area contributed by atoms with Crippen LogP contribution in [0.2, 0.25) is 0 Å². The van der Waals surface area contributed by atoms with Crippen LogP contribution in [0.4, 0.5) is 0 Å². The molecule has 0 radical (unpaired) electrons. The lowest BCUT2D eigenvalue weighted by Gasteiger charge is -2.34. The average Bonchev–Trinajstić information content (AvgIpc) is 3.93. The Hall–Kier alpha value is -6.64. The van der Waals surface area contributed by atoms with Crippen LogP contribution in [0.1, 0.15) is 47.2 Å². The van der Waals surface area contributed by atoms with Crippen molar-refractivity contribution in [2.45, 2.75) is 24.7 Å². The Kier molecular flexibility index (Phi) is 5.81. The summed E-state index contributed by atoms with van der Waals surface area (Å²) in [6, 6.07) is 64.9. The molecule has 2 aliphatic rings. The zero-order chi connectivity index (χ0) is 35.8. The van der Waals surface area contributed by atoms with Crippen LogP contribution in [0.3, 0.4) is 0 Å². The van der Waals surface area contributed by atoms with Gasteiger partial charge in [-0.15, -0.1) is 0 Å². The van der Waals surface area contributed by atoms with Crippen LogP contribution in [-0.4, -0.2) is 4.57 Å². The molecule has 0 saturated carbocycles. The molecule has 2 heteroatoms. The monoisotopic (exact) mass is 689 g/mol. The summed E-state index contributed by atoms with van der Waals surface area (Å²) in [5.74, 6) is 0. The number of hydrogen-bond acceptors (Lipinski definition) is 1. The first-order valence-electron chi connectivity index (χ1n) is 18.9. The summed E-state index contributed by atoms with van der Waals surface area (Å²) in [6.07, 6.45) is 0. The standard InChI is InChI=1S/C52H35NO/c1-51(2)40-25-13-10-22-37(40)45-46-39-24-12-16-28-44(39)54-50(46)47-38-23-11-15-27-43(38)53(49(47)48(45)51)34-29-30-36-35-21-9-14-26-41(35)52(42(36)31-34,32-17-5-3-6-18-32)33-19-7-4-8-20-33/h3-31H,1-2H3. The largest absolute Gasteiger partial charge is 0.455 e. The summed E-state index contributed by atoms with van der Waals surface area (Å²) in [6.45, 7) is 4.81. The molecule has 0 aliphatic heterocycles. The lowest BCUT2D eigenvalue weighted by Crippen LogP contribution is -2.28. The van der Waals surface area contributed by atoms with Crippen LogP contribution < -0.4 is 0 Å². The van der Waals surface area contributed by atoms with Gasteiger partial charge in [0.25, 0.3) is 0 Å². The second kappa shape index (κ2) is 10.5. The van der Waals surface area contributed by atoms with Crippen LogP contribution in [0.15, 0.2) is 180 Å². The third-order valence-corrected chi connectivity index (χ3v) is 12.6. The van der Waals surface area contributed by atoms with Crippen LogP contribution in [0.25, 0.3) is 71.7 Å². The van der Waals surface area contributed by atoms with Gasteiger partial charge in [0.05, 0.1) is 21.8 Å². The second-order valence-corrected chi connectivity index (χ2v) is 15.6. The second-order valence-electron chi connectivity index (χ2n) is 15.6. The maximum atomic E-state index is 6.98. The SMILES string of the molecule is CC1(C)c2ccccc2-c2c1c1c(c3ccccc3n1-c1ccc3c(c1)C(c1ccccc1)(c1ccccc1)c1ccccc1-3)c1oc3ccccc3c21. The molecule has 0 spiro atoms. The van der Waals surface area contributed by atoms with E-state index in [4.69, 9.17) is 4.42 Å². The van der Waals surface area contributed by atoms with Gasteiger partial charge in [-0.1, -0.05) is 166 Å². The average molecular weight is 690 g/mol. The number of nitrogens with zero attached hydrogens (tertiary/aromatic N) is 1. The maximum absolute atomic E-state index is 6.98. The van der Waals surface area contributed by atoms with Gasteiger partial charge in [-0.25, -0.2) is 0 Å². The molecule has 0 saturated heterocycles. The molecule has 0 N–H and O–H groups in total. The molecule has 12 rings (SSSR count). The predicted molar refractivity (Wildman–Crippen MR) is 223 cm³/mol. The summed E-state index contributed by atoms with van der Waals surface area (Å²) >= 11 is 0. The topological polar surface area (TPSA) is 18.1 Å². The lowest BCUT2D eigenvalue weighted by molar-refractivity contribution is 0.662. The van der Waals surface area contributed by atoms with Crippen molar-refractivity contribution in [1.82, 2.24) is 4.57 Å². The highest BCUT2D eigenvalue weighted by Gasteiger charge is 2.47. The van der Waals surface area contributed by atoms with Gasteiger partial charge in [0.1, 0.15) is 11.2 Å². The number of benzene rings is 8. The number of furan rings is 1. The summed E-state index contributed by atoms with van der Waals surface area (Å²) in [4.78, 5) is 0. The summed E-state index contributed by atoms with van der Waals surface area (Å²) in [5.41, 5.74) is 17.7. The summed E-state index contributed by atoms with van der Waals surface area (Å²) < 4.78 is 9.53. The minimum atomic E-state index is -0.493. The van der Waals surface area contributed by atoms with Gasteiger partial charge in [-0.05, 0) is 79.9 Å². The molecular formula is C52H35NO. The highest BCUT2D eigenvalue weighted by atomic mass is 16.3. The number of aromatic nitrogens is 1. The molecule has 254 valence electrons. The number of hydrogen-bond donors (Lipinski definition) is 0. The molecule has 2 aromatic heterocycles. The first-order chi connectivity index (χ1) is 26.6. The molecule has 0 bridgehead atoms. The quantitative estimate of drug-likeness (QED) is 0.181. The van der Waals surface area contributed by atoms with E-state index in [-0.39, 0.29) is 5.41 Å². The van der Waals surface area contributed by atoms with E-state index >= 15 is 0 Å². The van der Waals surface area contributed by atoms with Crippen molar-refractivity contribution in [2.75, 3.05) is 0 Å². The normalized spacial score (nSPS) is 14.8. The van der Waals surface area contributed by atoms with Crippen molar-refractivity contribution in [2.24, 2.45) is 0 Å². The van der Waals surface area contributed by atoms with Gasteiger partial charge < -0.3 is 8.98 Å². The molecule has 0 atom stereocenters. The van der Waals surface area contributed by atoms with Gasteiger partial charge in [0.15, 0.2) is 0 Å². The van der Waals surface area contributed by atoms with E-state index in [9.17, 15) is 0 Å². The highest BCUT2D eigenvalue weighted by Crippen LogP contribution is 2.59. The number of para-hydroxylation sites is 2. The first-order valence-corrected chi connectivity index (χ1v) is 18.9. The van der Waals surface area contributed by atoms with E-state index in [1.165, 1.54) is 88.2 Å². The Morgan fingerprint density at radius 2 is 1.07 bits per heavy atom. The molecule has 0 unspecified atom stereocenters. The van der Waals surface area contributed by atoms with E-state index in [0.717, 1.165) is 16.9 Å². The Bertz CT molecular complexity index is 3140. The van der Waals surface area contributed by atoms with Crippen molar-refractivity contribution in [3.8, 4) is 27.9 Å². The third-order valence-electron chi connectivity index (χ3n) is 12.6. The molecule has 8 aromatic carbocycles. The van der Waals surface area contributed by atoms with Crippen LogP contribution >= 0.6 is 0 Å². The fraction of sp³-hybridized carbons (Fsp3) is 0.0769. The zero-order valence-corrected chi connectivity index (χ0v) is 30.1. The van der Waals surface area contributed by atoms with Gasteiger partial charge in [-0.3, -0.25) is 0 Å². The van der Waals surface area contributed by atoms with E-state index in [0.29, 0.717) is 0 Å². The van der Waals surface area contributed by atoms with Crippen molar-refractivity contribution in [3.05, 3.63) is 209 Å². The van der Waals surface area contributed by atoms with Crippen molar-refractivity contribution in [1.29, 1.82) is 0 Å². The first kappa shape index (κ1) is 29.9.